The minimum absolute atomic E-state index is 0.790. The Morgan fingerprint density at radius 1 is 0.421 bits per heavy atom. The molecule has 0 nitrogen and oxygen atoms in total. The van der Waals surface area contributed by atoms with Crippen molar-refractivity contribution in [1.29, 1.82) is 0 Å². The first-order chi connectivity index (χ1) is 9.41. The standard InChI is InChI=1S/C18H39Si/c1-3-5-7-9-11-13-15-17-19-18-16-14-12-10-8-6-4-2/h19H,3-18H2,1-2H3. The van der Waals surface area contributed by atoms with Crippen molar-refractivity contribution in [2.75, 3.05) is 0 Å². The smallest absolute Gasteiger partial charge is 0.0280 e. The van der Waals surface area contributed by atoms with Gasteiger partial charge < -0.3 is 0 Å². The van der Waals surface area contributed by atoms with E-state index < -0.39 is 0 Å². The summed E-state index contributed by atoms with van der Waals surface area (Å²) in [6.07, 6.45) is 20.6. The second kappa shape index (κ2) is 18.2. The van der Waals surface area contributed by atoms with E-state index >= 15 is 0 Å². The van der Waals surface area contributed by atoms with Crippen molar-refractivity contribution in [1.82, 2.24) is 0 Å². The van der Waals surface area contributed by atoms with Gasteiger partial charge in [0, 0.05) is 9.52 Å². The summed E-state index contributed by atoms with van der Waals surface area (Å²) in [4.78, 5) is 0. The van der Waals surface area contributed by atoms with Crippen molar-refractivity contribution in [2.45, 2.75) is 116 Å². The highest BCUT2D eigenvalue weighted by Crippen LogP contribution is 2.11. The molecule has 0 aliphatic carbocycles. The van der Waals surface area contributed by atoms with Crippen LogP contribution in [0.4, 0.5) is 0 Å². The summed E-state index contributed by atoms with van der Waals surface area (Å²) < 4.78 is 0. The summed E-state index contributed by atoms with van der Waals surface area (Å²) in [5.41, 5.74) is 0. The molecular formula is C18H39Si. The third-order valence-corrected chi connectivity index (χ3v) is 5.66. The van der Waals surface area contributed by atoms with E-state index in [-0.39, 0.29) is 0 Å². The lowest BCUT2D eigenvalue weighted by Gasteiger charge is -2.02. The molecule has 0 rings (SSSR count). The van der Waals surface area contributed by atoms with Gasteiger partial charge in [0.05, 0.1) is 0 Å². The SMILES string of the molecule is CCCCCCCCC[SiH]CCCCCCCCC. The molecule has 1 heteroatoms. The van der Waals surface area contributed by atoms with Gasteiger partial charge in [0.1, 0.15) is 0 Å². The summed E-state index contributed by atoms with van der Waals surface area (Å²) in [6, 6.07) is 3.15. The fourth-order valence-corrected chi connectivity index (χ4v) is 4.08. The Hall–Kier alpha value is 0.217. The third-order valence-electron chi connectivity index (χ3n) is 4.02. The Bertz CT molecular complexity index is 129. The summed E-state index contributed by atoms with van der Waals surface area (Å²) in [6.45, 7) is 4.60. The van der Waals surface area contributed by atoms with Gasteiger partial charge in [-0.05, 0) is 0 Å². The molecule has 0 amide bonds. The molecule has 115 valence electrons. The van der Waals surface area contributed by atoms with Gasteiger partial charge in [-0.25, -0.2) is 0 Å². The van der Waals surface area contributed by atoms with Crippen LogP contribution in [0.1, 0.15) is 104 Å². The largest absolute Gasteiger partial charge is 0.0654 e. The zero-order valence-electron chi connectivity index (χ0n) is 13.9. The molecule has 19 heavy (non-hydrogen) atoms. The summed E-state index contributed by atoms with van der Waals surface area (Å²) in [7, 11) is 0.790. The highest BCUT2D eigenvalue weighted by molar-refractivity contribution is 6.35. The topological polar surface area (TPSA) is 0 Å². The van der Waals surface area contributed by atoms with Crippen LogP contribution in [0.25, 0.3) is 0 Å². The van der Waals surface area contributed by atoms with Gasteiger partial charge in [-0.15, -0.1) is 0 Å². The van der Waals surface area contributed by atoms with E-state index in [9.17, 15) is 0 Å². The van der Waals surface area contributed by atoms with Crippen LogP contribution in [0.3, 0.4) is 0 Å². The van der Waals surface area contributed by atoms with Crippen molar-refractivity contribution in [3.63, 3.8) is 0 Å². The first-order valence-corrected chi connectivity index (χ1v) is 10.9. The predicted molar refractivity (Wildman–Crippen MR) is 92.7 cm³/mol. The molecule has 0 aliphatic rings. The molecule has 1 radical (unpaired) electrons. The monoisotopic (exact) mass is 283 g/mol. The summed E-state index contributed by atoms with van der Waals surface area (Å²) in [5.74, 6) is 0. The lowest BCUT2D eigenvalue weighted by molar-refractivity contribution is 0.597. The van der Waals surface area contributed by atoms with Crippen LogP contribution >= 0.6 is 0 Å². The van der Waals surface area contributed by atoms with Gasteiger partial charge in [-0.3, -0.25) is 0 Å². The zero-order valence-corrected chi connectivity index (χ0v) is 15.0. The van der Waals surface area contributed by atoms with Gasteiger partial charge in [-0.2, -0.15) is 0 Å². The molecular weight excluding hydrogens is 244 g/mol. The maximum Gasteiger partial charge on any atom is 0.0280 e. The van der Waals surface area contributed by atoms with Crippen molar-refractivity contribution in [3.05, 3.63) is 0 Å². The Kier molecular flexibility index (Phi) is 18.4. The van der Waals surface area contributed by atoms with E-state index in [0.29, 0.717) is 0 Å². The molecule has 0 saturated carbocycles. The van der Waals surface area contributed by atoms with Crippen LogP contribution in [-0.2, 0) is 0 Å². The van der Waals surface area contributed by atoms with Gasteiger partial charge in [0.15, 0.2) is 0 Å². The molecule has 0 atom stereocenters. The first-order valence-electron chi connectivity index (χ1n) is 9.23. The van der Waals surface area contributed by atoms with Crippen molar-refractivity contribution < 1.29 is 0 Å². The maximum absolute atomic E-state index is 2.30. The van der Waals surface area contributed by atoms with Gasteiger partial charge >= 0.3 is 0 Å². The van der Waals surface area contributed by atoms with Crippen LogP contribution in [0, 0.1) is 0 Å². The second-order valence-corrected chi connectivity index (χ2v) is 7.84. The van der Waals surface area contributed by atoms with Crippen molar-refractivity contribution in [2.24, 2.45) is 0 Å². The number of hydrogen-bond donors (Lipinski definition) is 0. The lowest BCUT2D eigenvalue weighted by Crippen LogP contribution is -1.90. The van der Waals surface area contributed by atoms with Crippen molar-refractivity contribution >= 4 is 9.52 Å². The Morgan fingerprint density at radius 2 is 0.737 bits per heavy atom. The molecule has 0 aliphatic heterocycles. The van der Waals surface area contributed by atoms with Crippen LogP contribution in [0.2, 0.25) is 12.1 Å². The number of rotatable bonds is 16. The zero-order chi connectivity index (χ0) is 14.0. The highest BCUT2D eigenvalue weighted by Gasteiger charge is 1.94. The van der Waals surface area contributed by atoms with E-state index in [1.807, 2.05) is 0 Å². The van der Waals surface area contributed by atoms with Crippen LogP contribution in [0.5, 0.6) is 0 Å². The quantitative estimate of drug-likeness (QED) is 0.217. The average molecular weight is 284 g/mol. The van der Waals surface area contributed by atoms with Gasteiger partial charge in [0.25, 0.3) is 0 Å². The van der Waals surface area contributed by atoms with Gasteiger partial charge in [0.2, 0.25) is 0 Å². The van der Waals surface area contributed by atoms with Crippen LogP contribution in [0.15, 0.2) is 0 Å². The number of hydrogen-bond acceptors (Lipinski definition) is 0. The van der Waals surface area contributed by atoms with Crippen LogP contribution in [-0.4, -0.2) is 9.52 Å². The first kappa shape index (κ1) is 19.2. The molecule has 0 N–H and O–H groups in total. The predicted octanol–water partition coefficient (Wildman–Crippen LogP) is 6.76. The summed E-state index contributed by atoms with van der Waals surface area (Å²) in [5, 5.41) is 0. The molecule has 0 unspecified atom stereocenters. The molecule has 0 fully saturated rings. The van der Waals surface area contributed by atoms with E-state index in [0.717, 1.165) is 9.52 Å². The molecule has 0 saturated heterocycles. The number of unbranched alkanes of at least 4 members (excludes halogenated alkanes) is 12. The molecule has 0 aromatic rings. The minimum atomic E-state index is 0.790. The van der Waals surface area contributed by atoms with Crippen molar-refractivity contribution in [3.8, 4) is 0 Å². The van der Waals surface area contributed by atoms with E-state index in [1.165, 1.54) is 89.9 Å². The second-order valence-electron chi connectivity index (χ2n) is 6.11. The van der Waals surface area contributed by atoms with Crippen LogP contribution < -0.4 is 0 Å². The normalized spacial score (nSPS) is 11.1. The average Bonchev–Trinajstić information content (AvgIpc) is 2.43. The van der Waals surface area contributed by atoms with Gasteiger partial charge in [-0.1, -0.05) is 116 Å². The molecule has 0 heterocycles. The third kappa shape index (κ3) is 18.2. The van der Waals surface area contributed by atoms with E-state index in [1.54, 1.807) is 12.1 Å². The Morgan fingerprint density at radius 3 is 1.11 bits per heavy atom. The Balaban J connectivity index is 2.88. The highest BCUT2D eigenvalue weighted by atomic mass is 28.2. The fourth-order valence-electron chi connectivity index (χ4n) is 2.64. The summed E-state index contributed by atoms with van der Waals surface area (Å²) >= 11 is 0. The molecule has 0 aromatic carbocycles. The Labute approximate surface area is 126 Å². The fraction of sp³-hybridized carbons (Fsp3) is 1.00. The minimum Gasteiger partial charge on any atom is -0.0654 e. The maximum atomic E-state index is 2.30. The lowest BCUT2D eigenvalue weighted by atomic mass is 10.1. The molecule has 0 bridgehead atoms. The van der Waals surface area contributed by atoms with E-state index in [2.05, 4.69) is 13.8 Å². The van der Waals surface area contributed by atoms with E-state index in [4.69, 9.17) is 0 Å². The molecule has 0 spiro atoms. The molecule has 0 aromatic heterocycles.